The van der Waals surface area contributed by atoms with Gasteiger partial charge in [0.05, 0.1) is 12.2 Å². The highest BCUT2D eigenvalue weighted by Crippen LogP contribution is 2.35. The van der Waals surface area contributed by atoms with Crippen molar-refractivity contribution in [2.24, 2.45) is 0 Å². The number of amides is 1. The van der Waals surface area contributed by atoms with Crippen molar-refractivity contribution in [2.75, 3.05) is 6.61 Å². The molecule has 2 aromatic rings. The van der Waals surface area contributed by atoms with Crippen molar-refractivity contribution in [1.82, 2.24) is 10.3 Å². The van der Waals surface area contributed by atoms with Crippen molar-refractivity contribution in [2.45, 2.75) is 32.9 Å². The van der Waals surface area contributed by atoms with Crippen molar-refractivity contribution in [3.05, 3.63) is 53.3 Å². The molecule has 0 unspecified atom stereocenters. The number of carbonyl (C=O) groups is 1. The van der Waals surface area contributed by atoms with Gasteiger partial charge in [-0.05, 0) is 38.1 Å². The van der Waals surface area contributed by atoms with Crippen LogP contribution in [0.4, 0.5) is 0 Å². The SMILES string of the molecule is CCOc1cc2c(cc1CNC(=O)c1cccnc1)O[C@H](C)C2. The fraction of sp³-hybridized carbons (Fsp3) is 0.333. The molecule has 0 spiro atoms. The van der Waals surface area contributed by atoms with Gasteiger partial charge in [-0.15, -0.1) is 0 Å². The van der Waals surface area contributed by atoms with Gasteiger partial charge in [0, 0.05) is 36.5 Å². The number of nitrogens with zero attached hydrogens (tertiary/aromatic N) is 1. The summed E-state index contributed by atoms with van der Waals surface area (Å²) in [6.07, 6.45) is 4.26. The summed E-state index contributed by atoms with van der Waals surface area (Å²) in [6.45, 7) is 4.96. The van der Waals surface area contributed by atoms with E-state index in [1.165, 1.54) is 0 Å². The van der Waals surface area contributed by atoms with Crippen LogP contribution < -0.4 is 14.8 Å². The smallest absolute Gasteiger partial charge is 0.253 e. The molecule has 23 heavy (non-hydrogen) atoms. The first-order chi connectivity index (χ1) is 11.2. The number of aromatic nitrogens is 1. The summed E-state index contributed by atoms with van der Waals surface area (Å²) >= 11 is 0. The first-order valence-electron chi connectivity index (χ1n) is 7.81. The van der Waals surface area contributed by atoms with Crippen molar-refractivity contribution >= 4 is 5.91 Å². The quantitative estimate of drug-likeness (QED) is 0.922. The number of nitrogens with one attached hydrogen (secondary N) is 1. The van der Waals surface area contributed by atoms with Crippen molar-refractivity contribution in [1.29, 1.82) is 0 Å². The average molecular weight is 312 g/mol. The molecule has 1 N–H and O–H groups in total. The minimum Gasteiger partial charge on any atom is -0.494 e. The molecule has 0 saturated heterocycles. The van der Waals surface area contributed by atoms with Crippen LogP contribution >= 0.6 is 0 Å². The molecule has 5 heteroatoms. The van der Waals surface area contributed by atoms with Gasteiger partial charge >= 0.3 is 0 Å². The van der Waals surface area contributed by atoms with Gasteiger partial charge in [0.2, 0.25) is 0 Å². The van der Waals surface area contributed by atoms with Gasteiger partial charge in [-0.3, -0.25) is 9.78 Å². The van der Waals surface area contributed by atoms with E-state index in [9.17, 15) is 4.79 Å². The zero-order valence-corrected chi connectivity index (χ0v) is 13.3. The van der Waals surface area contributed by atoms with Crippen LogP contribution in [0, 0.1) is 0 Å². The van der Waals surface area contributed by atoms with Crippen LogP contribution in [0.2, 0.25) is 0 Å². The molecule has 2 heterocycles. The lowest BCUT2D eigenvalue weighted by molar-refractivity contribution is 0.0950. The van der Waals surface area contributed by atoms with Crippen molar-refractivity contribution in [3.8, 4) is 11.5 Å². The van der Waals surface area contributed by atoms with E-state index in [2.05, 4.69) is 10.3 Å². The lowest BCUT2D eigenvalue weighted by Gasteiger charge is -2.13. The van der Waals surface area contributed by atoms with Gasteiger partial charge in [-0.25, -0.2) is 0 Å². The highest BCUT2D eigenvalue weighted by molar-refractivity contribution is 5.93. The molecular weight excluding hydrogens is 292 g/mol. The minimum atomic E-state index is -0.157. The van der Waals surface area contributed by atoms with Gasteiger partial charge in [0.25, 0.3) is 5.91 Å². The van der Waals surface area contributed by atoms with E-state index in [4.69, 9.17) is 9.47 Å². The highest BCUT2D eigenvalue weighted by Gasteiger charge is 2.22. The third-order valence-corrected chi connectivity index (χ3v) is 3.74. The summed E-state index contributed by atoms with van der Waals surface area (Å²) in [7, 11) is 0. The Balaban J connectivity index is 1.76. The van der Waals surface area contributed by atoms with Crippen LogP contribution in [0.25, 0.3) is 0 Å². The van der Waals surface area contributed by atoms with Crippen LogP contribution in [0.15, 0.2) is 36.7 Å². The second kappa shape index (κ2) is 6.69. The number of carbonyl (C=O) groups excluding carboxylic acids is 1. The Labute approximate surface area is 135 Å². The third-order valence-electron chi connectivity index (χ3n) is 3.74. The first kappa shape index (κ1) is 15.3. The molecule has 0 fully saturated rings. The summed E-state index contributed by atoms with van der Waals surface area (Å²) in [5.74, 6) is 1.53. The lowest BCUT2D eigenvalue weighted by atomic mass is 10.1. The molecule has 1 aliphatic heterocycles. The van der Waals surface area contributed by atoms with Gasteiger partial charge in [0.1, 0.15) is 17.6 Å². The van der Waals surface area contributed by atoms with Crippen LogP contribution in [-0.4, -0.2) is 23.6 Å². The van der Waals surface area contributed by atoms with E-state index in [0.29, 0.717) is 18.7 Å². The molecule has 1 aromatic carbocycles. The molecule has 3 rings (SSSR count). The summed E-state index contributed by atoms with van der Waals surface area (Å²) in [4.78, 5) is 16.1. The Bertz CT molecular complexity index is 701. The molecular formula is C18H20N2O3. The number of rotatable bonds is 5. The number of ether oxygens (including phenoxy) is 2. The van der Waals surface area contributed by atoms with E-state index >= 15 is 0 Å². The van der Waals surface area contributed by atoms with E-state index < -0.39 is 0 Å². The highest BCUT2D eigenvalue weighted by atomic mass is 16.5. The third kappa shape index (κ3) is 3.44. The van der Waals surface area contributed by atoms with E-state index in [1.807, 2.05) is 26.0 Å². The molecule has 1 aliphatic rings. The van der Waals surface area contributed by atoms with Crippen LogP contribution in [-0.2, 0) is 13.0 Å². The number of fused-ring (bicyclic) bond motifs is 1. The minimum absolute atomic E-state index is 0.157. The molecule has 120 valence electrons. The maximum atomic E-state index is 12.1. The van der Waals surface area contributed by atoms with E-state index in [0.717, 1.165) is 29.0 Å². The number of hydrogen-bond donors (Lipinski definition) is 1. The standard InChI is InChI=1S/C18H20N2O3/c1-3-22-16-8-14-7-12(2)23-17(14)9-15(16)11-20-18(21)13-5-4-6-19-10-13/h4-6,8-10,12H,3,7,11H2,1-2H3,(H,20,21)/t12-/m1/s1. The monoisotopic (exact) mass is 312 g/mol. The molecule has 1 atom stereocenters. The molecule has 1 aromatic heterocycles. The fourth-order valence-electron chi connectivity index (χ4n) is 2.68. The molecule has 0 bridgehead atoms. The van der Waals surface area contributed by atoms with E-state index in [1.54, 1.807) is 24.5 Å². The molecule has 1 amide bonds. The maximum Gasteiger partial charge on any atom is 0.253 e. The number of benzene rings is 1. The van der Waals surface area contributed by atoms with Crippen molar-refractivity contribution < 1.29 is 14.3 Å². The topological polar surface area (TPSA) is 60.5 Å². The van der Waals surface area contributed by atoms with Crippen LogP contribution in [0.5, 0.6) is 11.5 Å². The maximum absolute atomic E-state index is 12.1. The second-order valence-corrected chi connectivity index (χ2v) is 5.56. The zero-order valence-electron chi connectivity index (χ0n) is 13.3. The normalized spacial score (nSPS) is 15.7. The second-order valence-electron chi connectivity index (χ2n) is 5.56. The predicted octanol–water partition coefficient (Wildman–Crippen LogP) is 2.73. The molecule has 0 aliphatic carbocycles. The predicted molar refractivity (Wildman–Crippen MR) is 86.8 cm³/mol. The van der Waals surface area contributed by atoms with Gasteiger partial charge in [0.15, 0.2) is 0 Å². The van der Waals surface area contributed by atoms with Crippen molar-refractivity contribution in [3.63, 3.8) is 0 Å². The molecule has 5 nitrogen and oxygen atoms in total. The largest absolute Gasteiger partial charge is 0.494 e. The zero-order chi connectivity index (χ0) is 16.2. The Kier molecular flexibility index (Phi) is 4.46. The molecule has 0 radical (unpaired) electrons. The first-order valence-corrected chi connectivity index (χ1v) is 7.81. The average Bonchev–Trinajstić information content (AvgIpc) is 2.92. The summed E-state index contributed by atoms with van der Waals surface area (Å²) < 4.78 is 11.5. The van der Waals surface area contributed by atoms with E-state index in [-0.39, 0.29) is 12.0 Å². The Morgan fingerprint density at radius 1 is 1.48 bits per heavy atom. The van der Waals surface area contributed by atoms with Gasteiger partial charge in [-0.1, -0.05) is 0 Å². The lowest BCUT2D eigenvalue weighted by Crippen LogP contribution is -2.23. The summed E-state index contributed by atoms with van der Waals surface area (Å²) in [5.41, 5.74) is 2.61. The summed E-state index contributed by atoms with van der Waals surface area (Å²) in [5, 5.41) is 2.90. The fourth-order valence-corrected chi connectivity index (χ4v) is 2.68. The Morgan fingerprint density at radius 3 is 3.09 bits per heavy atom. The molecule has 0 saturated carbocycles. The number of pyridine rings is 1. The van der Waals surface area contributed by atoms with Crippen LogP contribution in [0.3, 0.4) is 0 Å². The Hall–Kier alpha value is -2.56. The number of hydrogen-bond acceptors (Lipinski definition) is 4. The summed E-state index contributed by atoms with van der Waals surface area (Å²) in [6, 6.07) is 7.46. The van der Waals surface area contributed by atoms with Gasteiger partial charge in [-0.2, -0.15) is 0 Å². The van der Waals surface area contributed by atoms with Crippen LogP contribution in [0.1, 0.15) is 35.3 Å². The Morgan fingerprint density at radius 2 is 2.35 bits per heavy atom. The van der Waals surface area contributed by atoms with Gasteiger partial charge < -0.3 is 14.8 Å².